The molecule has 5 heteroatoms. The number of ether oxygens (including phenoxy) is 1. The number of rotatable bonds is 4. The van der Waals surface area contributed by atoms with Crippen molar-refractivity contribution in [3.8, 4) is 16.9 Å². The third-order valence-corrected chi connectivity index (χ3v) is 2.11. The molecule has 0 bridgehead atoms. The molecule has 1 aromatic carbocycles. The van der Waals surface area contributed by atoms with Crippen LogP contribution < -0.4 is 10.5 Å². The van der Waals surface area contributed by atoms with E-state index >= 15 is 0 Å². The molecule has 0 aliphatic heterocycles. The van der Waals surface area contributed by atoms with Crippen LogP contribution >= 0.6 is 0 Å². The predicted molar refractivity (Wildman–Crippen MR) is 62.2 cm³/mol. The molecule has 17 heavy (non-hydrogen) atoms. The molecule has 2 rings (SSSR count). The number of hydrogen-bond donors (Lipinski definition) is 1. The smallest absolute Gasteiger partial charge is 0.255 e. The molecule has 5 nitrogen and oxygen atoms in total. The zero-order chi connectivity index (χ0) is 12.1. The van der Waals surface area contributed by atoms with Gasteiger partial charge in [-0.2, -0.15) is 0 Å². The Kier molecular flexibility index (Phi) is 3.30. The van der Waals surface area contributed by atoms with Gasteiger partial charge in [0.1, 0.15) is 12.1 Å². The standard InChI is InChI=1S/C12H11N3O2/c13-12(16)7-17-11-3-1-2-9(4-11)10-5-14-8-15-6-10/h1-6,8H,7H2,(H2,13,16). The highest BCUT2D eigenvalue weighted by Crippen LogP contribution is 2.22. The first-order valence-electron chi connectivity index (χ1n) is 5.02. The van der Waals surface area contributed by atoms with Crippen LogP contribution in [0.4, 0.5) is 0 Å². The summed E-state index contributed by atoms with van der Waals surface area (Å²) in [4.78, 5) is 18.5. The van der Waals surface area contributed by atoms with Gasteiger partial charge < -0.3 is 10.5 Å². The van der Waals surface area contributed by atoms with Gasteiger partial charge in [-0.15, -0.1) is 0 Å². The number of nitrogens with two attached hydrogens (primary N) is 1. The van der Waals surface area contributed by atoms with Crippen LogP contribution in [0.2, 0.25) is 0 Å². The number of amides is 1. The van der Waals surface area contributed by atoms with E-state index in [1.807, 2.05) is 18.2 Å². The largest absolute Gasteiger partial charge is 0.484 e. The molecule has 0 saturated carbocycles. The van der Waals surface area contributed by atoms with Crippen LogP contribution in [0.5, 0.6) is 5.75 Å². The molecule has 0 atom stereocenters. The van der Waals surface area contributed by atoms with Crippen LogP contribution in [-0.4, -0.2) is 22.5 Å². The maximum atomic E-state index is 10.6. The molecule has 1 heterocycles. The van der Waals surface area contributed by atoms with E-state index in [1.54, 1.807) is 18.5 Å². The summed E-state index contributed by atoms with van der Waals surface area (Å²) >= 11 is 0. The Morgan fingerprint density at radius 2 is 2.00 bits per heavy atom. The average Bonchev–Trinajstić information content (AvgIpc) is 2.38. The van der Waals surface area contributed by atoms with Crippen LogP contribution in [0.25, 0.3) is 11.1 Å². The first-order chi connectivity index (χ1) is 8.25. The molecule has 1 amide bonds. The van der Waals surface area contributed by atoms with Crippen LogP contribution in [-0.2, 0) is 4.79 Å². The van der Waals surface area contributed by atoms with E-state index in [9.17, 15) is 4.79 Å². The Hall–Kier alpha value is -2.43. The van der Waals surface area contributed by atoms with Gasteiger partial charge in [0.05, 0.1) is 0 Å². The van der Waals surface area contributed by atoms with E-state index < -0.39 is 5.91 Å². The van der Waals surface area contributed by atoms with Gasteiger partial charge in [0, 0.05) is 18.0 Å². The Bertz CT molecular complexity index is 514. The number of benzene rings is 1. The van der Waals surface area contributed by atoms with Gasteiger partial charge in [-0.05, 0) is 17.7 Å². The molecule has 2 aromatic rings. The molecule has 0 unspecified atom stereocenters. The molecule has 0 radical (unpaired) electrons. The Morgan fingerprint density at radius 1 is 1.24 bits per heavy atom. The van der Waals surface area contributed by atoms with E-state index in [-0.39, 0.29) is 6.61 Å². The molecular weight excluding hydrogens is 218 g/mol. The lowest BCUT2D eigenvalue weighted by Crippen LogP contribution is -2.19. The fourth-order valence-corrected chi connectivity index (χ4v) is 1.37. The molecule has 1 aromatic heterocycles. The molecule has 86 valence electrons. The number of carbonyl (C=O) groups excluding carboxylic acids is 1. The lowest BCUT2D eigenvalue weighted by Gasteiger charge is -2.05. The van der Waals surface area contributed by atoms with Gasteiger partial charge in [-0.25, -0.2) is 9.97 Å². The van der Waals surface area contributed by atoms with Crippen molar-refractivity contribution in [3.63, 3.8) is 0 Å². The minimum absolute atomic E-state index is 0.130. The van der Waals surface area contributed by atoms with Crippen molar-refractivity contribution in [1.82, 2.24) is 9.97 Å². The highest BCUT2D eigenvalue weighted by molar-refractivity contribution is 5.75. The van der Waals surface area contributed by atoms with Crippen LogP contribution in [0, 0.1) is 0 Å². The number of nitrogens with zero attached hydrogens (tertiary/aromatic N) is 2. The first-order valence-corrected chi connectivity index (χ1v) is 5.02. The molecule has 0 aliphatic rings. The third-order valence-electron chi connectivity index (χ3n) is 2.11. The fourth-order valence-electron chi connectivity index (χ4n) is 1.37. The second kappa shape index (κ2) is 5.07. The van der Waals surface area contributed by atoms with Crippen LogP contribution in [0.3, 0.4) is 0 Å². The zero-order valence-corrected chi connectivity index (χ0v) is 9.04. The summed E-state index contributed by atoms with van der Waals surface area (Å²) in [6.45, 7) is -0.130. The molecule has 0 saturated heterocycles. The van der Waals surface area contributed by atoms with Crippen LogP contribution in [0.15, 0.2) is 43.0 Å². The SMILES string of the molecule is NC(=O)COc1cccc(-c2cncnc2)c1. The summed E-state index contributed by atoms with van der Waals surface area (Å²) in [6.07, 6.45) is 4.89. The first kappa shape index (κ1) is 11.1. The van der Waals surface area contributed by atoms with Gasteiger partial charge in [-0.1, -0.05) is 12.1 Å². The Labute approximate surface area is 98.3 Å². The molecule has 2 N–H and O–H groups in total. The monoisotopic (exact) mass is 229 g/mol. The quantitative estimate of drug-likeness (QED) is 0.848. The summed E-state index contributed by atoms with van der Waals surface area (Å²) in [6, 6.07) is 7.31. The molecule has 0 fully saturated rings. The summed E-state index contributed by atoms with van der Waals surface area (Å²) in [7, 11) is 0. The van der Waals surface area contributed by atoms with E-state index in [1.165, 1.54) is 6.33 Å². The van der Waals surface area contributed by atoms with E-state index in [0.29, 0.717) is 5.75 Å². The predicted octanol–water partition coefficient (Wildman–Crippen LogP) is 1.01. The fraction of sp³-hybridized carbons (Fsp3) is 0.0833. The van der Waals surface area contributed by atoms with Crippen molar-refractivity contribution in [2.75, 3.05) is 6.61 Å². The molecule has 0 spiro atoms. The van der Waals surface area contributed by atoms with Crippen molar-refractivity contribution in [3.05, 3.63) is 43.0 Å². The summed E-state index contributed by atoms with van der Waals surface area (Å²) in [5, 5.41) is 0. The van der Waals surface area contributed by atoms with Gasteiger partial charge in [0.25, 0.3) is 5.91 Å². The third kappa shape index (κ3) is 3.01. The number of aromatic nitrogens is 2. The van der Waals surface area contributed by atoms with Gasteiger partial charge >= 0.3 is 0 Å². The zero-order valence-electron chi connectivity index (χ0n) is 9.04. The summed E-state index contributed by atoms with van der Waals surface area (Å²) < 4.78 is 5.21. The minimum atomic E-state index is -0.501. The number of primary amides is 1. The van der Waals surface area contributed by atoms with Crippen LogP contribution in [0.1, 0.15) is 0 Å². The normalized spacial score (nSPS) is 9.88. The van der Waals surface area contributed by atoms with Gasteiger partial charge in [-0.3, -0.25) is 4.79 Å². The second-order valence-corrected chi connectivity index (χ2v) is 3.41. The maximum Gasteiger partial charge on any atom is 0.255 e. The molecule has 0 aliphatic carbocycles. The van der Waals surface area contributed by atoms with Crippen molar-refractivity contribution in [1.29, 1.82) is 0 Å². The Morgan fingerprint density at radius 3 is 2.71 bits per heavy atom. The lowest BCUT2D eigenvalue weighted by atomic mass is 10.1. The topological polar surface area (TPSA) is 78.1 Å². The Balaban J connectivity index is 2.20. The number of carbonyl (C=O) groups is 1. The second-order valence-electron chi connectivity index (χ2n) is 3.41. The van der Waals surface area contributed by atoms with E-state index in [0.717, 1.165) is 11.1 Å². The van der Waals surface area contributed by atoms with Crippen molar-refractivity contribution in [2.24, 2.45) is 5.73 Å². The highest BCUT2D eigenvalue weighted by Gasteiger charge is 2.01. The average molecular weight is 229 g/mol. The molecular formula is C12H11N3O2. The number of hydrogen-bond acceptors (Lipinski definition) is 4. The van der Waals surface area contributed by atoms with Crippen molar-refractivity contribution < 1.29 is 9.53 Å². The summed E-state index contributed by atoms with van der Waals surface area (Å²) in [5.41, 5.74) is 6.82. The summed E-state index contributed by atoms with van der Waals surface area (Å²) in [5.74, 6) is 0.0867. The van der Waals surface area contributed by atoms with Gasteiger partial charge in [0.15, 0.2) is 6.61 Å². The maximum absolute atomic E-state index is 10.6. The lowest BCUT2D eigenvalue weighted by molar-refractivity contribution is -0.119. The minimum Gasteiger partial charge on any atom is -0.484 e. The highest BCUT2D eigenvalue weighted by atomic mass is 16.5. The van der Waals surface area contributed by atoms with E-state index in [2.05, 4.69) is 9.97 Å². The van der Waals surface area contributed by atoms with Crippen molar-refractivity contribution >= 4 is 5.91 Å². The van der Waals surface area contributed by atoms with Gasteiger partial charge in [0.2, 0.25) is 0 Å². The van der Waals surface area contributed by atoms with Crippen molar-refractivity contribution in [2.45, 2.75) is 0 Å². The van der Waals surface area contributed by atoms with E-state index in [4.69, 9.17) is 10.5 Å².